The van der Waals surface area contributed by atoms with Crippen LogP contribution in [0, 0.1) is 5.92 Å². The van der Waals surface area contributed by atoms with Crippen molar-refractivity contribution in [3.63, 3.8) is 0 Å². The number of carboxylic acids is 1. The number of hydrogen-bond acceptors (Lipinski definition) is 5. The van der Waals surface area contributed by atoms with E-state index in [9.17, 15) is 19.5 Å². The fraction of sp³-hybridized carbons (Fsp3) is 0.444. The van der Waals surface area contributed by atoms with Crippen molar-refractivity contribution in [3.05, 3.63) is 59.7 Å². The topological polar surface area (TPSA) is 108 Å². The predicted molar refractivity (Wildman–Crippen MR) is 134 cm³/mol. The van der Waals surface area contributed by atoms with Crippen LogP contribution in [0.4, 0.5) is 4.79 Å². The van der Waals surface area contributed by atoms with Gasteiger partial charge in [0.05, 0.1) is 0 Å². The van der Waals surface area contributed by atoms with Crippen molar-refractivity contribution < 1.29 is 24.2 Å². The number of alkyl carbamates (subject to hydrolysis) is 1. The van der Waals surface area contributed by atoms with Gasteiger partial charge in [0.25, 0.3) is 0 Å². The summed E-state index contributed by atoms with van der Waals surface area (Å²) in [7, 11) is 3.72. The molecule has 1 aliphatic carbocycles. The third kappa shape index (κ3) is 6.82. The van der Waals surface area contributed by atoms with E-state index in [0.717, 1.165) is 22.3 Å². The summed E-state index contributed by atoms with van der Waals surface area (Å²) < 4.78 is 5.58. The Bertz CT molecular complexity index is 1010. The Morgan fingerprint density at radius 3 is 2.03 bits per heavy atom. The number of amides is 2. The van der Waals surface area contributed by atoms with Gasteiger partial charge in [-0.05, 0) is 61.7 Å². The molecule has 0 saturated carbocycles. The summed E-state index contributed by atoms with van der Waals surface area (Å²) in [5, 5.41) is 14.7. The van der Waals surface area contributed by atoms with Crippen LogP contribution in [0.1, 0.15) is 43.7 Å². The molecule has 3 rings (SSSR count). The number of ether oxygens (including phenoxy) is 1. The lowest BCUT2D eigenvalue weighted by Gasteiger charge is -2.23. The lowest BCUT2D eigenvalue weighted by atomic mass is 9.98. The van der Waals surface area contributed by atoms with Gasteiger partial charge >= 0.3 is 12.1 Å². The number of carbonyl (C=O) groups excluding carboxylic acids is 2. The van der Waals surface area contributed by atoms with Gasteiger partial charge in [-0.3, -0.25) is 4.79 Å². The van der Waals surface area contributed by atoms with E-state index < -0.39 is 30.1 Å². The molecule has 0 radical (unpaired) electrons. The van der Waals surface area contributed by atoms with Crippen LogP contribution in [-0.2, 0) is 14.3 Å². The number of carboxylic acid groups (broad SMARTS) is 1. The fourth-order valence-corrected chi connectivity index (χ4v) is 4.40. The molecule has 0 bridgehead atoms. The van der Waals surface area contributed by atoms with Crippen molar-refractivity contribution in [3.8, 4) is 11.1 Å². The maximum Gasteiger partial charge on any atom is 0.407 e. The molecule has 0 aliphatic heterocycles. The van der Waals surface area contributed by atoms with Crippen LogP contribution >= 0.6 is 0 Å². The fourth-order valence-electron chi connectivity index (χ4n) is 4.40. The molecule has 188 valence electrons. The van der Waals surface area contributed by atoms with Crippen molar-refractivity contribution in [2.24, 2.45) is 5.92 Å². The summed E-state index contributed by atoms with van der Waals surface area (Å²) in [5.41, 5.74) is 4.46. The summed E-state index contributed by atoms with van der Waals surface area (Å²) in [5.74, 6) is -1.63. The molecule has 8 heteroatoms. The standard InChI is InChI=1S/C27H35N3O5/c1-17(2)15-24(26(32)33)28-25(31)23(13-14-30(3)4)29-27(34)35-16-22-20-11-7-5-9-18(20)19-10-6-8-12-21(19)22/h5-12,17,22-24H,13-16H2,1-4H3,(H,28,31)(H,29,34)(H,32,33)/t23?,24-/m0/s1. The first-order chi connectivity index (χ1) is 16.7. The molecule has 0 spiro atoms. The van der Waals surface area contributed by atoms with Gasteiger partial charge in [0.2, 0.25) is 5.91 Å². The van der Waals surface area contributed by atoms with Gasteiger partial charge in [-0.1, -0.05) is 62.4 Å². The van der Waals surface area contributed by atoms with E-state index in [1.54, 1.807) is 0 Å². The lowest BCUT2D eigenvalue weighted by molar-refractivity contribution is -0.142. The Morgan fingerprint density at radius 2 is 1.51 bits per heavy atom. The van der Waals surface area contributed by atoms with Crippen molar-refractivity contribution in [1.29, 1.82) is 0 Å². The highest BCUT2D eigenvalue weighted by molar-refractivity contribution is 5.89. The predicted octanol–water partition coefficient (Wildman–Crippen LogP) is 3.46. The minimum absolute atomic E-state index is 0.0896. The average Bonchev–Trinajstić information content (AvgIpc) is 3.13. The Hall–Kier alpha value is -3.39. The first kappa shape index (κ1) is 26.2. The molecular formula is C27H35N3O5. The summed E-state index contributed by atoms with van der Waals surface area (Å²) >= 11 is 0. The summed E-state index contributed by atoms with van der Waals surface area (Å²) in [6.45, 7) is 4.44. The van der Waals surface area contributed by atoms with Crippen molar-refractivity contribution in [2.45, 2.75) is 44.7 Å². The zero-order valence-electron chi connectivity index (χ0n) is 20.8. The number of aliphatic carboxylic acids is 1. The van der Waals surface area contributed by atoms with Crippen LogP contribution < -0.4 is 10.6 Å². The van der Waals surface area contributed by atoms with E-state index in [1.165, 1.54) is 0 Å². The number of benzene rings is 2. The minimum Gasteiger partial charge on any atom is -0.480 e. The molecule has 2 amide bonds. The van der Waals surface area contributed by atoms with Gasteiger partial charge in [0, 0.05) is 5.92 Å². The zero-order chi connectivity index (χ0) is 25.5. The second-order valence-corrected chi connectivity index (χ2v) is 9.64. The number of rotatable bonds is 11. The Labute approximate surface area is 206 Å². The SMILES string of the molecule is CC(C)C[C@H](NC(=O)C(CCN(C)C)NC(=O)OCC1c2ccccc2-c2ccccc21)C(=O)O. The van der Waals surface area contributed by atoms with Crippen LogP contribution in [-0.4, -0.2) is 67.3 Å². The van der Waals surface area contributed by atoms with Crippen molar-refractivity contribution in [2.75, 3.05) is 27.2 Å². The van der Waals surface area contributed by atoms with Crippen molar-refractivity contribution >= 4 is 18.0 Å². The molecule has 0 aromatic heterocycles. The zero-order valence-corrected chi connectivity index (χ0v) is 20.8. The van der Waals surface area contributed by atoms with E-state index in [4.69, 9.17) is 4.74 Å². The third-order valence-corrected chi connectivity index (χ3v) is 6.14. The number of nitrogens with zero attached hydrogens (tertiary/aromatic N) is 1. The molecular weight excluding hydrogens is 446 g/mol. The second-order valence-electron chi connectivity index (χ2n) is 9.64. The largest absolute Gasteiger partial charge is 0.480 e. The molecule has 2 aromatic carbocycles. The monoisotopic (exact) mass is 481 g/mol. The van der Waals surface area contributed by atoms with Crippen LogP contribution in [0.25, 0.3) is 11.1 Å². The Morgan fingerprint density at radius 1 is 0.943 bits per heavy atom. The van der Waals surface area contributed by atoms with E-state index in [0.29, 0.717) is 19.4 Å². The molecule has 0 saturated heterocycles. The van der Waals surface area contributed by atoms with Gasteiger partial charge in [-0.15, -0.1) is 0 Å². The summed E-state index contributed by atoms with van der Waals surface area (Å²) in [6, 6.07) is 14.2. The molecule has 35 heavy (non-hydrogen) atoms. The smallest absolute Gasteiger partial charge is 0.407 e. The molecule has 1 unspecified atom stereocenters. The third-order valence-electron chi connectivity index (χ3n) is 6.14. The molecule has 8 nitrogen and oxygen atoms in total. The molecule has 2 aromatic rings. The second kappa shape index (κ2) is 11.8. The van der Waals surface area contributed by atoms with Crippen molar-refractivity contribution in [1.82, 2.24) is 15.5 Å². The Kier molecular flexibility index (Phi) is 8.87. The average molecular weight is 482 g/mol. The quantitative estimate of drug-likeness (QED) is 0.454. The minimum atomic E-state index is -1.10. The molecule has 2 atom stereocenters. The lowest BCUT2D eigenvalue weighted by Crippen LogP contribution is -2.52. The highest BCUT2D eigenvalue weighted by Gasteiger charge is 2.31. The molecule has 1 aliphatic rings. The highest BCUT2D eigenvalue weighted by Crippen LogP contribution is 2.44. The first-order valence-corrected chi connectivity index (χ1v) is 12.0. The summed E-state index contributed by atoms with van der Waals surface area (Å²) in [4.78, 5) is 39.1. The maximum atomic E-state index is 12.9. The molecule has 0 heterocycles. The van der Waals surface area contributed by atoms with Gasteiger partial charge in [0.1, 0.15) is 18.7 Å². The van der Waals surface area contributed by atoms with E-state index in [-0.39, 0.29) is 18.4 Å². The van der Waals surface area contributed by atoms with E-state index >= 15 is 0 Å². The highest BCUT2D eigenvalue weighted by atomic mass is 16.5. The van der Waals surface area contributed by atoms with Crippen LogP contribution in [0.15, 0.2) is 48.5 Å². The number of carbonyl (C=O) groups is 3. The van der Waals surface area contributed by atoms with Crippen LogP contribution in [0.2, 0.25) is 0 Å². The molecule has 3 N–H and O–H groups in total. The van der Waals surface area contributed by atoms with E-state index in [1.807, 2.05) is 69.2 Å². The van der Waals surface area contributed by atoms with Gasteiger partial charge in [0.15, 0.2) is 0 Å². The van der Waals surface area contributed by atoms with Crippen LogP contribution in [0.3, 0.4) is 0 Å². The molecule has 0 fully saturated rings. The first-order valence-electron chi connectivity index (χ1n) is 12.0. The number of fused-ring (bicyclic) bond motifs is 3. The number of hydrogen-bond donors (Lipinski definition) is 3. The van der Waals surface area contributed by atoms with Gasteiger partial charge in [-0.25, -0.2) is 9.59 Å². The van der Waals surface area contributed by atoms with Gasteiger partial charge in [-0.2, -0.15) is 0 Å². The van der Waals surface area contributed by atoms with E-state index in [2.05, 4.69) is 22.8 Å². The summed E-state index contributed by atoms with van der Waals surface area (Å²) in [6.07, 6.45) is -0.0924. The normalized spacial score (nSPS) is 14.2. The Balaban J connectivity index is 1.67. The van der Waals surface area contributed by atoms with Crippen LogP contribution in [0.5, 0.6) is 0 Å². The maximum absolute atomic E-state index is 12.9. The van der Waals surface area contributed by atoms with Gasteiger partial charge < -0.3 is 25.4 Å². The number of nitrogens with one attached hydrogen (secondary N) is 2.